The summed E-state index contributed by atoms with van der Waals surface area (Å²) in [4.78, 5) is 38.5. The molecule has 0 saturated carbocycles. The highest BCUT2D eigenvalue weighted by Crippen LogP contribution is 2.26. The van der Waals surface area contributed by atoms with E-state index in [1.807, 2.05) is 63.2 Å². The van der Waals surface area contributed by atoms with Crippen molar-refractivity contribution < 1.29 is 24.6 Å². The molecule has 0 aliphatic heterocycles. The van der Waals surface area contributed by atoms with Crippen molar-refractivity contribution in [3.8, 4) is 11.1 Å². The highest BCUT2D eigenvalue weighted by molar-refractivity contribution is 6.02. The Balaban J connectivity index is 2.41. The highest BCUT2D eigenvalue weighted by Gasteiger charge is 2.34. The number of carboxylic acid groups (broad SMARTS) is 2. The van der Waals surface area contributed by atoms with Gasteiger partial charge in [-0.3, -0.25) is 19.8 Å². The zero-order valence-corrected chi connectivity index (χ0v) is 19.7. The second-order valence-corrected chi connectivity index (χ2v) is 8.66. The van der Waals surface area contributed by atoms with Gasteiger partial charge >= 0.3 is 11.9 Å². The molecule has 7 heteroatoms. The number of amides is 1. The molecule has 0 bridgehead atoms. The van der Waals surface area contributed by atoms with Crippen molar-refractivity contribution in [2.24, 2.45) is 5.92 Å². The van der Waals surface area contributed by atoms with Gasteiger partial charge in [0.05, 0.1) is 6.04 Å². The summed E-state index contributed by atoms with van der Waals surface area (Å²) in [6, 6.07) is 14.1. The number of nitrogens with one attached hydrogen (secondary N) is 1. The Kier molecular flexibility index (Phi) is 9.60. The summed E-state index contributed by atoms with van der Waals surface area (Å²) in [6.45, 7) is 7.22. The van der Waals surface area contributed by atoms with Crippen LogP contribution in [0.2, 0.25) is 0 Å². The summed E-state index contributed by atoms with van der Waals surface area (Å²) in [5.41, 5.74) is 2.41. The maximum Gasteiger partial charge on any atom is 0.326 e. The van der Waals surface area contributed by atoms with E-state index in [1.165, 1.54) is 11.8 Å². The Morgan fingerprint density at radius 2 is 1.42 bits per heavy atom. The molecule has 0 aliphatic rings. The molecule has 0 heterocycles. The van der Waals surface area contributed by atoms with Crippen molar-refractivity contribution in [1.82, 2.24) is 5.32 Å². The molecule has 1 amide bonds. The molecule has 0 spiro atoms. The average molecular weight is 455 g/mol. The Morgan fingerprint density at radius 1 is 0.848 bits per heavy atom. The van der Waals surface area contributed by atoms with Crippen molar-refractivity contribution in [3.63, 3.8) is 0 Å². The molecule has 2 aromatic rings. The van der Waals surface area contributed by atoms with Crippen LogP contribution in [0.15, 0.2) is 54.6 Å². The van der Waals surface area contributed by atoms with Crippen molar-refractivity contribution in [3.05, 3.63) is 54.6 Å². The first-order valence-corrected chi connectivity index (χ1v) is 11.4. The van der Waals surface area contributed by atoms with Crippen LogP contribution in [0, 0.1) is 5.92 Å². The van der Waals surface area contributed by atoms with Crippen LogP contribution in [0.4, 0.5) is 5.69 Å². The first-order chi connectivity index (χ1) is 15.6. The first kappa shape index (κ1) is 26.1. The van der Waals surface area contributed by atoms with Crippen molar-refractivity contribution in [2.75, 3.05) is 4.90 Å². The first-order valence-electron chi connectivity index (χ1n) is 11.4. The highest BCUT2D eigenvalue weighted by atomic mass is 16.4. The lowest BCUT2D eigenvalue weighted by Crippen LogP contribution is -2.56. The Labute approximate surface area is 195 Å². The van der Waals surface area contributed by atoms with E-state index in [1.54, 1.807) is 12.1 Å². The van der Waals surface area contributed by atoms with Crippen LogP contribution >= 0.6 is 0 Å². The Hall–Kier alpha value is -3.19. The van der Waals surface area contributed by atoms with Gasteiger partial charge < -0.3 is 10.2 Å². The normalized spacial score (nSPS) is 13.8. The number of nitrogens with zero attached hydrogens (tertiary/aromatic N) is 1. The van der Waals surface area contributed by atoms with E-state index in [4.69, 9.17) is 0 Å². The number of carbonyl (C=O) groups excluding carboxylic acids is 1. The number of hydrogen-bond acceptors (Lipinski definition) is 4. The van der Waals surface area contributed by atoms with E-state index in [2.05, 4.69) is 5.32 Å². The summed E-state index contributed by atoms with van der Waals surface area (Å²) >= 11 is 0. The molecule has 0 aliphatic carbocycles. The molecule has 0 unspecified atom stereocenters. The third-order valence-electron chi connectivity index (χ3n) is 5.52. The van der Waals surface area contributed by atoms with Gasteiger partial charge in [0.1, 0.15) is 12.1 Å². The molecule has 2 aromatic carbocycles. The number of anilines is 1. The van der Waals surface area contributed by atoms with E-state index in [-0.39, 0.29) is 5.92 Å². The van der Waals surface area contributed by atoms with Gasteiger partial charge in [0.2, 0.25) is 5.91 Å². The van der Waals surface area contributed by atoms with E-state index in [0.29, 0.717) is 24.9 Å². The standard InChI is InChI=1S/C26H34N2O5/c1-5-9-22(26(32)33)27-23(16-17(2)3)24(29)28(18(4)25(30)31)21-14-12-20(13-15-21)19-10-7-6-8-11-19/h6-8,10-15,17-18,22-23,27H,5,9,16H2,1-4H3,(H,30,31)(H,32,33)/t18-,22+,23-/m0/s1. The second kappa shape index (κ2) is 12.2. The number of aliphatic carboxylic acids is 2. The molecule has 3 atom stereocenters. The summed E-state index contributed by atoms with van der Waals surface area (Å²) in [6.07, 6.45) is 1.40. The van der Waals surface area contributed by atoms with E-state index in [9.17, 15) is 24.6 Å². The fourth-order valence-corrected chi connectivity index (χ4v) is 3.79. The van der Waals surface area contributed by atoms with E-state index >= 15 is 0 Å². The van der Waals surface area contributed by atoms with Gasteiger partial charge in [0, 0.05) is 5.69 Å². The molecule has 33 heavy (non-hydrogen) atoms. The monoisotopic (exact) mass is 454 g/mol. The van der Waals surface area contributed by atoms with Crippen LogP contribution in [-0.2, 0) is 14.4 Å². The zero-order valence-electron chi connectivity index (χ0n) is 19.7. The molecular formula is C26H34N2O5. The lowest BCUT2D eigenvalue weighted by atomic mass is 9.99. The summed E-state index contributed by atoms with van der Waals surface area (Å²) in [5.74, 6) is -2.51. The minimum absolute atomic E-state index is 0.102. The number of benzene rings is 2. The van der Waals surface area contributed by atoms with Gasteiger partial charge in [0.15, 0.2) is 0 Å². The van der Waals surface area contributed by atoms with Gasteiger partial charge in [-0.25, -0.2) is 4.79 Å². The predicted octanol–water partition coefficient (Wildman–Crippen LogP) is 4.42. The number of carboxylic acids is 2. The summed E-state index contributed by atoms with van der Waals surface area (Å²) in [7, 11) is 0. The van der Waals surface area contributed by atoms with Gasteiger partial charge in [-0.1, -0.05) is 69.7 Å². The Morgan fingerprint density at radius 3 is 1.91 bits per heavy atom. The topological polar surface area (TPSA) is 107 Å². The maximum atomic E-state index is 13.6. The minimum Gasteiger partial charge on any atom is -0.480 e. The van der Waals surface area contributed by atoms with Gasteiger partial charge in [0.25, 0.3) is 0 Å². The van der Waals surface area contributed by atoms with Gasteiger partial charge in [-0.15, -0.1) is 0 Å². The molecule has 0 aromatic heterocycles. The van der Waals surface area contributed by atoms with Crippen molar-refractivity contribution in [1.29, 1.82) is 0 Å². The van der Waals surface area contributed by atoms with Crippen LogP contribution < -0.4 is 10.2 Å². The number of rotatable bonds is 12. The van der Waals surface area contributed by atoms with Crippen LogP contribution in [0.3, 0.4) is 0 Å². The number of carbonyl (C=O) groups is 3. The zero-order chi connectivity index (χ0) is 24.5. The van der Waals surface area contributed by atoms with Gasteiger partial charge in [-0.05, 0) is 48.9 Å². The third-order valence-corrected chi connectivity index (χ3v) is 5.52. The average Bonchev–Trinajstić information content (AvgIpc) is 2.78. The largest absolute Gasteiger partial charge is 0.480 e. The molecule has 2 rings (SSSR count). The quantitative estimate of drug-likeness (QED) is 0.438. The van der Waals surface area contributed by atoms with Gasteiger partial charge in [-0.2, -0.15) is 0 Å². The molecule has 7 nitrogen and oxygen atoms in total. The van der Waals surface area contributed by atoms with E-state index < -0.39 is 36.0 Å². The second-order valence-electron chi connectivity index (χ2n) is 8.66. The third kappa shape index (κ3) is 7.15. The number of hydrogen-bond donors (Lipinski definition) is 3. The van der Waals surface area contributed by atoms with E-state index in [0.717, 1.165) is 11.1 Å². The van der Waals surface area contributed by atoms with Crippen LogP contribution in [0.1, 0.15) is 47.0 Å². The molecule has 3 N–H and O–H groups in total. The molecule has 0 fully saturated rings. The van der Waals surface area contributed by atoms with Crippen LogP contribution in [-0.4, -0.2) is 46.2 Å². The minimum atomic E-state index is -1.14. The molecule has 178 valence electrons. The van der Waals surface area contributed by atoms with Crippen molar-refractivity contribution in [2.45, 2.75) is 65.1 Å². The molecule has 0 radical (unpaired) electrons. The SMILES string of the molecule is CCC[C@@H](N[C@@H](CC(C)C)C(=O)N(c1ccc(-c2ccccc2)cc1)[C@@H](C)C(=O)O)C(=O)O. The van der Waals surface area contributed by atoms with Crippen LogP contribution in [0.5, 0.6) is 0 Å². The lowest BCUT2D eigenvalue weighted by molar-refractivity contribution is -0.141. The summed E-state index contributed by atoms with van der Waals surface area (Å²) < 4.78 is 0. The predicted molar refractivity (Wildman–Crippen MR) is 129 cm³/mol. The fourth-order valence-electron chi connectivity index (χ4n) is 3.79. The van der Waals surface area contributed by atoms with Crippen molar-refractivity contribution >= 4 is 23.5 Å². The molecule has 0 saturated heterocycles. The fraction of sp³-hybridized carbons (Fsp3) is 0.423. The Bertz CT molecular complexity index is 927. The summed E-state index contributed by atoms with van der Waals surface area (Å²) in [5, 5.41) is 22.3. The van der Waals surface area contributed by atoms with Crippen LogP contribution in [0.25, 0.3) is 11.1 Å². The maximum absolute atomic E-state index is 13.6. The smallest absolute Gasteiger partial charge is 0.326 e. The molecular weight excluding hydrogens is 420 g/mol. The lowest BCUT2D eigenvalue weighted by Gasteiger charge is -2.33.